The van der Waals surface area contributed by atoms with E-state index in [1.165, 1.54) is 0 Å². The average molecular weight is 316 g/mol. The standard InChI is InChI=1S/C15H20N6O2/c1-10(9-23-2)16-15(22)17-12-5-3-11(4-6-12)14-18-19-20-21(14)13-7-8-13/h3-6,10,13H,7-9H2,1-2H3,(H2,16,17,22)/t10-/m0/s1. The highest BCUT2D eigenvalue weighted by atomic mass is 16.5. The van der Waals surface area contributed by atoms with E-state index in [9.17, 15) is 4.79 Å². The van der Waals surface area contributed by atoms with E-state index in [0.717, 1.165) is 24.2 Å². The molecule has 2 N–H and O–H groups in total. The Bertz CT molecular complexity index is 665. The first-order chi connectivity index (χ1) is 11.2. The fourth-order valence-corrected chi connectivity index (χ4v) is 2.33. The minimum Gasteiger partial charge on any atom is -0.383 e. The Balaban J connectivity index is 1.63. The van der Waals surface area contributed by atoms with E-state index in [1.54, 1.807) is 7.11 Å². The number of carbonyl (C=O) groups excluding carboxylic acids is 1. The number of nitrogens with zero attached hydrogens (tertiary/aromatic N) is 4. The van der Waals surface area contributed by atoms with Gasteiger partial charge in [-0.3, -0.25) is 0 Å². The van der Waals surface area contributed by atoms with Gasteiger partial charge in [-0.15, -0.1) is 5.10 Å². The molecule has 0 radical (unpaired) electrons. The highest BCUT2D eigenvalue weighted by Gasteiger charge is 2.28. The van der Waals surface area contributed by atoms with Crippen LogP contribution in [0.3, 0.4) is 0 Å². The minimum absolute atomic E-state index is 0.0533. The summed E-state index contributed by atoms with van der Waals surface area (Å²) in [4.78, 5) is 11.8. The Labute approximate surface area is 134 Å². The quantitative estimate of drug-likeness (QED) is 0.848. The number of urea groups is 1. The highest BCUT2D eigenvalue weighted by molar-refractivity contribution is 5.89. The number of amides is 2. The maximum absolute atomic E-state index is 11.8. The minimum atomic E-state index is -0.259. The lowest BCUT2D eigenvalue weighted by Gasteiger charge is -2.13. The zero-order valence-electron chi connectivity index (χ0n) is 13.2. The number of methoxy groups -OCH3 is 1. The van der Waals surface area contributed by atoms with Crippen LogP contribution < -0.4 is 10.6 Å². The van der Waals surface area contributed by atoms with Gasteiger partial charge in [0.1, 0.15) is 0 Å². The molecule has 1 atom stereocenters. The van der Waals surface area contributed by atoms with E-state index in [-0.39, 0.29) is 12.1 Å². The van der Waals surface area contributed by atoms with Gasteiger partial charge < -0.3 is 15.4 Å². The summed E-state index contributed by atoms with van der Waals surface area (Å²) in [6.45, 7) is 2.35. The van der Waals surface area contributed by atoms with Crippen molar-refractivity contribution in [3.05, 3.63) is 24.3 Å². The van der Waals surface area contributed by atoms with Crippen molar-refractivity contribution in [1.29, 1.82) is 0 Å². The summed E-state index contributed by atoms with van der Waals surface area (Å²) in [7, 11) is 1.60. The zero-order chi connectivity index (χ0) is 16.2. The number of anilines is 1. The number of aromatic nitrogens is 4. The average Bonchev–Trinajstić information content (AvgIpc) is 3.25. The van der Waals surface area contributed by atoms with Crippen molar-refractivity contribution in [2.75, 3.05) is 19.0 Å². The van der Waals surface area contributed by atoms with Gasteiger partial charge in [-0.25, -0.2) is 9.48 Å². The molecular formula is C15H20N6O2. The molecule has 23 heavy (non-hydrogen) atoms. The number of hydrogen-bond acceptors (Lipinski definition) is 5. The second-order valence-electron chi connectivity index (χ2n) is 5.71. The van der Waals surface area contributed by atoms with Crippen LogP contribution in [-0.4, -0.2) is 46.0 Å². The molecule has 0 aliphatic heterocycles. The van der Waals surface area contributed by atoms with Gasteiger partial charge in [0.05, 0.1) is 18.7 Å². The first-order valence-corrected chi connectivity index (χ1v) is 7.62. The molecule has 1 aromatic heterocycles. The van der Waals surface area contributed by atoms with Crippen LogP contribution in [0.5, 0.6) is 0 Å². The molecule has 8 nitrogen and oxygen atoms in total. The molecule has 1 aliphatic rings. The van der Waals surface area contributed by atoms with Crippen LogP contribution in [0.2, 0.25) is 0 Å². The largest absolute Gasteiger partial charge is 0.383 e. The third-order valence-electron chi connectivity index (χ3n) is 3.58. The maximum Gasteiger partial charge on any atom is 0.319 e. The Morgan fingerprint density at radius 1 is 1.39 bits per heavy atom. The van der Waals surface area contributed by atoms with Crippen LogP contribution >= 0.6 is 0 Å². The van der Waals surface area contributed by atoms with Crippen molar-refractivity contribution in [3.63, 3.8) is 0 Å². The molecule has 2 amide bonds. The zero-order valence-corrected chi connectivity index (χ0v) is 13.2. The highest BCUT2D eigenvalue weighted by Crippen LogP contribution is 2.36. The first kappa shape index (κ1) is 15.4. The van der Waals surface area contributed by atoms with Crippen LogP contribution in [0.1, 0.15) is 25.8 Å². The fraction of sp³-hybridized carbons (Fsp3) is 0.467. The molecule has 2 aromatic rings. The summed E-state index contributed by atoms with van der Waals surface area (Å²) in [6, 6.07) is 7.58. The summed E-state index contributed by atoms with van der Waals surface area (Å²) in [5.74, 6) is 0.761. The second kappa shape index (κ2) is 6.74. The van der Waals surface area contributed by atoms with Crippen molar-refractivity contribution < 1.29 is 9.53 Å². The van der Waals surface area contributed by atoms with Crippen LogP contribution in [0, 0.1) is 0 Å². The number of ether oxygens (including phenoxy) is 1. The van der Waals surface area contributed by atoms with Gasteiger partial charge in [-0.05, 0) is 54.5 Å². The molecule has 1 saturated carbocycles. The van der Waals surface area contributed by atoms with Crippen LogP contribution in [-0.2, 0) is 4.74 Å². The summed E-state index contributed by atoms with van der Waals surface area (Å²) in [5.41, 5.74) is 1.64. The fourth-order valence-electron chi connectivity index (χ4n) is 2.33. The molecule has 3 rings (SSSR count). The van der Waals surface area contributed by atoms with Crippen molar-refractivity contribution in [1.82, 2.24) is 25.5 Å². The number of hydrogen-bond donors (Lipinski definition) is 2. The molecule has 1 heterocycles. The second-order valence-corrected chi connectivity index (χ2v) is 5.71. The maximum atomic E-state index is 11.8. The van der Waals surface area contributed by atoms with Crippen molar-refractivity contribution in [2.45, 2.75) is 31.8 Å². The summed E-state index contributed by atoms with van der Waals surface area (Å²) in [5, 5.41) is 17.5. The summed E-state index contributed by atoms with van der Waals surface area (Å²) in [6.07, 6.45) is 2.25. The predicted molar refractivity (Wildman–Crippen MR) is 85.0 cm³/mol. The lowest BCUT2D eigenvalue weighted by molar-refractivity contribution is 0.173. The van der Waals surface area contributed by atoms with Gasteiger partial charge in [0.15, 0.2) is 5.82 Å². The molecule has 0 saturated heterocycles. The van der Waals surface area contributed by atoms with Gasteiger partial charge in [-0.1, -0.05) is 0 Å². The number of benzene rings is 1. The molecule has 0 spiro atoms. The van der Waals surface area contributed by atoms with Gasteiger partial charge in [0.2, 0.25) is 0 Å². The molecular weight excluding hydrogens is 296 g/mol. The van der Waals surface area contributed by atoms with Crippen molar-refractivity contribution in [2.24, 2.45) is 0 Å². The lowest BCUT2D eigenvalue weighted by Crippen LogP contribution is -2.38. The molecule has 1 aliphatic carbocycles. The third kappa shape index (κ3) is 3.84. The number of nitrogens with one attached hydrogen (secondary N) is 2. The molecule has 0 unspecified atom stereocenters. The summed E-state index contributed by atoms with van der Waals surface area (Å²) >= 11 is 0. The molecule has 0 bridgehead atoms. The van der Waals surface area contributed by atoms with Crippen LogP contribution in [0.25, 0.3) is 11.4 Å². The predicted octanol–water partition coefficient (Wildman–Crippen LogP) is 1.83. The first-order valence-electron chi connectivity index (χ1n) is 7.62. The van der Waals surface area contributed by atoms with Crippen LogP contribution in [0.15, 0.2) is 24.3 Å². The van der Waals surface area contributed by atoms with Crippen molar-refractivity contribution >= 4 is 11.7 Å². The van der Waals surface area contributed by atoms with Gasteiger partial charge in [0.25, 0.3) is 0 Å². The monoisotopic (exact) mass is 316 g/mol. The topological polar surface area (TPSA) is 94.0 Å². The normalized spacial score (nSPS) is 15.2. The Hall–Kier alpha value is -2.48. The third-order valence-corrected chi connectivity index (χ3v) is 3.58. The van der Waals surface area contributed by atoms with E-state index < -0.39 is 0 Å². The van der Waals surface area contributed by atoms with E-state index in [4.69, 9.17) is 4.74 Å². The molecule has 122 valence electrons. The Morgan fingerprint density at radius 2 is 2.13 bits per heavy atom. The SMILES string of the molecule is COC[C@H](C)NC(=O)Nc1ccc(-c2nnnn2C2CC2)cc1. The van der Waals surface area contributed by atoms with E-state index in [2.05, 4.69) is 26.2 Å². The van der Waals surface area contributed by atoms with E-state index >= 15 is 0 Å². The smallest absolute Gasteiger partial charge is 0.319 e. The molecule has 8 heteroatoms. The van der Waals surface area contributed by atoms with E-state index in [1.807, 2.05) is 35.9 Å². The summed E-state index contributed by atoms with van der Waals surface area (Å²) < 4.78 is 6.85. The number of tetrazole rings is 1. The Morgan fingerprint density at radius 3 is 2.78 bits per heavy atom. The van der Waals surface area contributed by atoms with Crippen LogP contribution in [0.4, 0.5) is 10.5 Å². The van der Waals surface area contributed by atoms with Gasteiger partial charge in [-0.2, -0.15) is 0 Å². The van der Waals surface area contributed by atoms with Gasteiger partial charge >= 0.3 is 6.03 Å². The van der Waals surface area contributed by atoms with E-state index in [0.29, 0.717) is 18.3 Å². The van der Waals surface area contributed by atoms with Gasteiger partial charge in [0, 0.05) is 18.4 Å². The lowest BCUT2D eigenvalue weighted by atomic mass is 10.2. The molecule has 1 aromatic carbocycles. The Kier molecular flexibility index (Phi) is 4.52. The van der Waals surface area contributed by atoms with Crippen molar-refractivity contribution in [3.8, 4) is 11.4 Å². The molecule has 1 fully saturated rings. The number of carbonyl (C=O) groups is 1. The number of rotatable bonds is 6.